The summed E-state index contributed by atoms with van der Waals surface area (Å²) in [5.41, 5.74) is 2.79. The van der Waals surface area contributed by atoms with Gasteiger partial charge in [-0.2, -0.15) is 0 Å². The molecule has 0 aliphatic rings. The predicted molar refractivity (Wildman–Crippen MR) is 84.8 cm³/mol. The SMILES string of the molecule is COc1ccc(OC)c(CC(=O)Oc2cccc(C)c2C)c1. The van der Waals surface area contributed by atoms with Crippen molar-refractivity contribution >= 4 is 5.97 Å². The summed E-state index contributed by atoms with van der Waals surface area (Å²) in [5.74, 6) is 1.57. The Kier molecular flexibility index (Phi) is 5.04. The highest BCUT2D eigenvalue weighted by atomic mass is 16.5. The molecule has 0 radical (unpaired) electrons. The summed E-state index contributed by atoms with van der Waals surface area (Å²) in [4.78, 5) is 12.2. The summed E-state index contributed by atoms with van der Waals surface area (Å²) >= 11 is 0. The van der Waals surface area contributed by atoms with Gasteiger partial charge in [-0.05, 0) is 49.2 Å². The van der Waals surface area contributed by atoms with Crippen LogP contribution in [0.15, 0.2) is 36.4 Å². The number of hydrogen-bond donors (Lipinski definition) is 0. The van der Waals surface area contributed by atoms with E-state index in [0.717, 1.165) is 16.7 Å². The van der Waals surface area contributed by atoms with E-state index >= 15 is 0 Å². The predicted octanol–water partition coefficient (Wildman–Crippen LogP) is 3.47. The van der Waals surface area contributed by atoms with Crippen molar-refractivity contribution in [1.82, 2.24) is 0 Å². The van der Waals surface area contributed by atoms with Crippen LogP contribution in [0.4, 0.5) is 0 Å². The molecule has 0 atom stereocenters. The number of carbonyl (C=O) groups is 1. The van der Waals surface area contributed by atoms with Gasteiger partial charge in [0.05, 0.1) is 20.6 Å². The summed E-state index contributed by atoms with van der Waals surface area (Å²) in [6.45, 7) is 3.92. The Morgan fingerprint density at radius 3 is 2.45 bits per heavy atom. The molecule has 116 valence electrons. The topological polar surface area (TPSA) is 44.8 Å². The van der Waals surface area contributed by atoms with E-state index in [1.54, 1.807) is 38.5 Å². The van der Waals surface area contributed by atoms with E-state index < -0.39 is 0 Å². The number of rotatable bonds is 5. The van der Waals surface area contributed by atoms with Gasteiger partial charge < -0.3 is 14.2 Å². The second-order valence-electron chi connectivity index (χ2n) is 5.03. The minimum atomic E-state index is -0.333. The molecule has 0 aliphatic heterocycles. The molecular formula is C18H20O4. The standard InChI is InChI=1S/C18H20O4/c1-12-6-5-7-16(13(12)2)22-18(19)11-14-10-15(20-3)8-9-17(14)21-4/h5-10H,11H2,1-4H3. The summed E-state index contributed by atoms with van der Waals surface area (Å²) < 4.78 is 15.9. The van der Waals surface area contributed by atoms with Gasteiger partial charge in [-0.15, -0.1) is 0 Å². The first kappa shape index (κ1) is 15.9. The van der Waals surface area contributed by atoms with E-state index in [1.807, 2.05) is 26.0 Å². The zero-order chi connectivity index (χ0) is 16.1. The van der Waals surface area contributed by atoms with Gasteiger partial charge in [0.1, 0.15) is 17.2 Å². The average molecular weight is 300 g/mol. The second-order valence-corrected chi connectivity index (χ2v) is 5.03. The zero-order valence-corrected chi connectivity index (χ0v) is 13.3. The number of carbonyl (C=O) groups excluding carboxylic acids is 1. The molecule has 2 aromatic rings. The molecule has 0 heterocycles. The zero-order valence-electron chi connectivity index (χ0n) is 13.3. The highest BCUT2D eigenvalue weighted by Crippen LogP contribution is 2.26. The Bertz CT molecular complexity index is 677. The van der Waals surface area contributed by atoms with Crippen LogP contribution in [-0.2, 0) is 11.2 Å². The highest BCUT2D eigenvalue weighted by molar-refractivity contribution is 5.76. The first-order valence-corrected chi connectivity index (χ1v) is 7.03. The van der Waals surface area contributed by atoms with Crippen LogP contribution in [0.1, 0.15) is 16.7 Å². The fourth-order valence-corrected chi connectivity index (χ4v) is 2.17. The Labute approximate surface area is 130 Å². The number of ether oxygens (including phenoxy) is 3. The van der Waals surface area contributed by atoms with Crippen molar-refractivity contribution in [3.8, 4) is 17.2 Å². The molecule has 0 fully saturated rings. The van der Waals surface area contributed by atoms with Gasteiger partial charge in [-0.3, -0.25) is 4.79 Å². The highest BCUT2D eigenvalue weighted by Gasteiger charge is 2.13. The van der Waals surface area contributed by atoms with E-state index in [1.165, 1.54) is 0 Å². The molecule has 0 bridgehead atoms. The van der Waals surface area contributed by atoms with Gasteiger partial charge in [-0.1, -0.05) is 12.1 Å². The van der Waals surface area contributed by atoms with Crippen molar-refractivity contribution in [3.63, 3.8) is 0 Å². The van der Waals surface area contributed by atoms with Crippen molar-refractivity contribution in [2.45, 2.75) is 20.3 Å². The van der Waals surface area contributed by atoms with Crippen molar-refractivity contribution in [3.05, 3.63) is 53.1 Å². The van der Waals surface area contributed by atoms with Crippen LogP contribution >= 0.6 is 0 Å². The van der Waals surface area contributed by atoms with Gasteiger partial charge in [0.2, 0.25) is 0 Å². The smallest absolute Gasteiger partial charge is 0.315 e. The van der Waals surface area contributed by atoms with E-state index in [0.29, 0.717) is 17.2 Å². The lowest BCUT2D eigenvalue weighted by molar-refractivity contribution is -0.133. The van der Waals surface area contributed by atoms with Gasteiger partial charge in [0.25, 0.3) is 0 Å². The lowest BCUT2D eigenvalue weighted by Crippen LogP contribution is -2.13. The number of benzene rings is 2. The molecule has 0 saturated heterocycles. The van der Waals surface area contributed by atoms with Crippen molar-refractivity contribution in [2.24, 2.45) is 0 Å². The lowest BCUT2D eigenvalue weighted by Gasteiger charge is -2.12. The average Bonchev–Trinajstić information content (AvgIpc) is 2.51. The molecule has 4 heteroatoms. The lowest BCUT2D eigenvalue weighted by atomic mass is 10.1. The number of aryl methyl sites for hydroxylation is 1. The fourth-order valence-electron chi connectivity index (χ4n) is 2.17. The van der Waals surface area contributed by atoms with Crippen molar-refractivity contribution in [2.75, 3.05) is 14.2 Å². The largest absolute Gasteiger partial charge is 0.497 e. The van der Waals surface area contributed by atoms with Crippen LogP contribution in [0.25, 0.3) is 0 Å². The Balaban J connectivity index is 2.16. The van der Waals surface area contributed by atoms with Crippen LogP contribution in [0.3, 0.4) is 0 Å². The molecule has 22 heavy (non-hydrogen) atoms. The third-order valence-electron chi connectivity index (χ3n) is 3.60. The van der Waals surface area contributed by atoms with Gasteiger partial charge >= 0.3 is 5.97 Å². The van der Waals surface area contributed by atoms with Gasteiger partial charge in [-0.25, -0.2) is 0 Å². The molecule has 4 nitrogen and oxygen atoms in total. The molecular weight excluding hydrogens is 280 g/mol. The quantitative estimate of drug-likeness (QED) is 0.626. The molecule has 0 N–H and O–H groups in total. The third-order valence-corrected chi connectivity index (χ3v) is 3.60. The molecule has 0 saturated carbocycles. The molecule has 2 rings (SSSR count). The third kappa shape index (κ3) is 3.58. The summed E-state index contributed by atoms with van der Waals surface area (Å²) in [7, 11) is 3.15. The van der Waals surface area contributed by atoms with Crippen molar-refractivity contribution < 1.29 is 19.0 Å². The van der Waals surface area contributed by atoms with Crippen molar-refractivity contribution in [1.29, 1.82) is 0 Å². The van der Waals surface area contributed by atoms with Crippen LogP contribution < -0.4 is 14.2 Å². The maximum Gasteiger partial charge on any atom is 0.315 e. The van der Waals surface area contributed by atoms with Gasteiger partial charge in [0, 0.05) is 5.56 Å². The monoisotopic (exact) mass is 300 g/mol. The van der Waals surface area contributed by atoms with E-state index in [9.17, 15) is 4.79 Å². The minimum absolute atomic E-state index is 0.119. The summed E-state index contributed by atoms with van der Waals surface area (Å²) in [5, 5.41) is 0. The van der Waals surface area contributed by atoms with E-state index in [-0.39, 0.29) is 12.4 Å². The van der Waals surface area contributed by atoms with Crippen LogP contribution in [0.2, 0.25) is 0 Å². The molecule has 0 aromatic heterocycles. The molecule has 0 unspecified atom stereocenters. The fraction of sp³-hybridized carbons (Fsp3) is 0.278. The van der Waals surface area contributed by atoms with Gasteiger partial charge in [0.15, 0.2) is 0 Å². The number of hydrogen-bond acceptors (Lipinski definition) is 4. The second kappa shape index (κ2) is 6.98. The van der Waals surface area contributed by atoms with Crippen LogP contribution in [0.5, 0.6) is 17.2 Å². The molecule has 0 amide bonds. The normalized spacial score (nSPS) is 10.2. The van der Waals surface area contributed by atoms with E-state index in [2.05, 4.69) is 0 Å². The van der Waals surface area contributed by atoms with Crippen LogP contribution in [0, 0.1) is 13.8 Å². The summed E-state index contributed by atoms with van der Waals surface area (Å²) in [6.07, 6.45) is 0.119. The molecule has 2 aromatic carbocycles. The maximum absolute atomic E-state index is 12.2. The van der Waals surface area contributed by atoms with E-state index in [4.69, 9.17) is 14.2 Å². The summed E-state index contributed by atoms with van der Waals surface area (Å²) in [6, 6.07) is 11.0. The maximum atomic E-state index is 12.2. The Hall–Kier alpha value is -2.49. The molecule has 0 aliphatic carbocycles. The first-order valence-electron chi connectivity index (χ1n) is 7.03. The Morgan fingerprint density at radius 2 is 1.77 bits per heavy atom. The number of methoxy groups -OCH3 is 2. The molecule has 0 spiro atoms. The van der Waals surface area contributed by atoms with Crippen LogP contribution in [-0.4, -0.2) is 20.2 Å². The number of esters is 1. The Morgan fingerprint density at radius 1 is 1.00 bits per heavy atom. The first-order chi connectivity index (χ1) is 10.5. The minimum Gasteiger partial charge on any atom is -0.497 e.